The predicted octanol–water partition coefficient (Wildman–Crippen LogP) is -0.621. The molecule has 1 aromatic rings. The van der Waals surface area contributed by atoms with Gasteiger partial charge in [0.1, 0.15) is 5.82 Å². The van der Waals surface area contributed by atoms with Gasteiger partial charge >= 0.3 is 5.69 Å². The maximum atomic E-state index is 11.2. The molecule has 2 rings (SSSR count). The van der Waals surface area contributed by atoms with E-state index in [1.54, 1.807) is 13.1 Å². The lowest BCUT2D eigenvalue weighted by atomic mass is 10.4. The molecule has 0 saturated carbocycles. The van der Waals surface area contributed by atoms with Crippen LogP contribution in [0.15, 0.2) is 9.79 Å². The van der Waals surface area contributed by atoms with Gasteiger partial charge in [-0.15, -0.1) is 0 Å². The van der Waals surface area contributed by atoms with E-state index in [1.165, 1.54) is 4.57 Å². The third-order valence-electron chi connectivity index (χ3n) is 1.70. The second-order valence-electron chi connectivity index (χ2n) is 2.60. The number of fused-ring (bicyclic) bond motifs is 1. The molecular formula is C7H8N4O. The van der Waals surface area contributed by atoms with Crippen LogP contribution < -0.4 is 5.69 Å². The highest BCUT2D eigenvalue weighted by atomic mass is 16.1. The van der Waals surface area contributed by atoms with E-state index in [-0.39, 0.29) is 5.69 Å². The summed E-state index contributed by atoms with van der Waals surface area (Å²) in [4.78, 5) is 23.1. The van der Waals surface area contributed by atoms with Crippen molar-refractivity contribution in [2.24, 2.45) is 4.99 Å². The second kappa shape index (κ2) is 2.51. The van der Waals surface area contributed by atoms with Gasteiger partial charge in [-0.05, 0) is 6.92 Å². The van der Waals surface area contributed by atoms with Crippen molar-refractivity contribution < 1.29 is 0 Å². The molecule has 1 aliphatic heterocycles. The molecule has 0 N–H and O–H groups in total. The molecule has 0 atom stereocenters. The van der Waals surface area contributed by atoms with Gasteiger partial charge in [-0.1, -0.05) is 0 Å². The van der Waals surface area contributed by atoms with Gasteiger partial charge in [0, 0.05) is 6.54 Å². The number of nitrogens with zero attached hydrogens (tertiary/aromatic N) is 4. The maximum absolute atomic E-state index is 11.2. The molecule has 5 heteroatoms. The molecule has 0 spiro atoms. The summed E-state index contributed by atoms with van der Waals surface area (Å²) in [5.41, 5.74) is -0.233. The molecule has 1 aliphatic rings. The molecule has 62 valence electrons. The third kappa shape index (κ3) is 1.03. The number of aliphatic imine (C=N–C) groups is 1. The fourth-order valence-electron chi connectivity index (χ4n) is 1.16. The van der Waals surface area contributed by atoms with E-state index in [0.29, 0.717) is 24.7 Å². The Kier molecular flexibility index (Phi) is 1.49. The Balaban J connectivity index is 2.71. The quantitative estimate of drug-likeness (QED) is 0.513. The van der Waals surface area contributed by atoms with Crippen LogP contribution in [0.2, 0.25) is 0 Å². The lowest BCUT2D eigenvalue weighted by Gasteiger charge is -2.10. The van der Waals surface area contributed by atoms with Gasteiger partial charge in [-0.2, -0.15) is 4.98 Å². The average Bonchev–Trinajstić information content (AvgIpc) is 2.04. The topological polar surface area (TPSA) is 60.1 Å². The number of rotatable bonds is 0. The molecule has 12 heavy (non-hydrogen) atoms. The van der Waals surface area contributed by atoms with Crippen molar-refractivity contribution in [1.82, 2.24) is 14.5 Å². The zero-order chi connectivity index (χ0) is 8.55. The highest BCUT2D eigenvalue weighted by Crippen LogP contribution is 1.94. The molecule has 0 radical (unpaired) electrons. The molecule has 0 unspecified atom stereocenters. The SMILES string of the molecule is Cc1nc2n(c(=O)n1)CCN=C2. The Morgan fingerprint density at radius 3 is 3.17 bits per heavy atom. The molecule has 0 aliphatic carbocycles. The second-order valence-corrected chi connectivity index (χ2v) is 2.60. The van der Waals surface area contributed by atoms with Crippen LogP contribution >= 0.6 is 0 Å². The minimum absolute atomic E-state index is 0.233. The smallest absolute Gasteiger partial charge is 0.287 e. The molecule has 1 aromatic heterocycles. The van der Waals surface area contributed by atoms with Crippen molar-refractivity contribution in [2.75, 3.05) is 6.54 Å². The van der Waals surface area contributed by atoms with Gasteiger partial charge in [0.05, 0.1) is 12.8 Å². The van der Waals surface area contributed by atoms with Crippen LogP contribution in [-0.4, -0.2) is 27.3 Å². The van der Waals surface area contributed by atoms with Crippen molar-refractivity contribution in [3.8, 4) is 0 Å². The Hall–Kier alpha value is -1.52. The Morgan fingerprint density at radius 2 is 2.33 bits per heavy atom. The minimum atomic E-state index is -0.233. The van der Waals surface area contributed by atoms with Crippen LogP contribution in [0.25, 0.3) is 0 Å². The number of hydrogen-bond acceptors (Lipinski definition) is 4. The Bertz CT molecular complexity index is 393. The zero-order valence-corrected chi connectivity index (χ0v) is 6.69. The van der Waals surface area contributed by atoms with Gasteiger partial charge in [-0.3, -0.25) is 9.56 Å². The molecule has 0 bridgehead atoms. The van der Waals surface area contributed by atoms with Crippen molar-refractivity contribution in [2.45, 2.75) is 13.5 Å². The van der Waals surface area contributed by atoms with Gasteiger partial charge in [0.25, 0.3) is 0 Å². The predicted molar refractivity (Wildman–Crippen MR) is 43.5 cm³/mol. The van der Waals surface area contributed by atoms with Gasteiger partial charge < -0.3 is 0 Å². The average molecular weight is 164 g/mol. The highest BCUT2D eigenvalue weighted by molar-refractivity contribution is 5.75. The number of aryl methyl sites for hydroxylation is 1. The fourth-order valence-corrected chi connectivity index (χ4v) is 1.16. The first kappa shape index (κ1) is 7.15. The van der Waals surface area contributed by atoms with E-state index in [1.807, 2.05) is 0 Å². The first-order valence-electron chi connectivity index (χ1n) is 3.73. The summed E-state index contributed by atoms with van der Waals surface area (Å²) in [7, 11) is 0. The van der Waals surface area contributed by atoms with E-state index in [2.05, 4.69) is 15.0 Å². The third-order valence-corrected chi connectivity index (χ3v) is 1.70. The summed E-state index contributed by atoms with van der Waals surface area (Å²) in [6.07, 6.45) is 1.61. The molecule has 0 amide bonds. The zero-order valence-electron chi connectivity index (χ0n) is 6.69. The lowest BCUT2D eigenvalue weighted by Crippen LogP contribution is -2.31. The molecule has 5 nitrogen and oxygen atoms in total. The molecule has 0 fully saturated rings. The van der Waals surface area contributed by atoms with Crippen LogP contribution in [0.1, 0.15) is 11.6 Å². The van der Waals surface area contributed by atoms with Crippen LogP contribution in [-0.2, 0) is 6.54 Å². The summed E-state index contributed by atoms with van der Waals surface area (Å²) in [5.74, 6) is 1.11. The molecule has 0 aromatic carbocycles. The van der Waals surface area contributed by atoms with E-state index >= 15 is 0 Å². The molecule has 2 heterocycles. The molecule has 0 saturated heterocycles. The first-order chi connectivity index (χ1) is 5.77. The van der Waals surface area contributed by atoms with Crippen LogP contribution in [0.5, 0.6) is 0 Å². The Labute approximate surface area is 68.8 Å². The van der Waals surface area contributed by atoms with Crippen molar-refractivity contribution in [1.29, 1.82) is 0 Å². The van der Waals surface area contributed by atoms with Gasteiger partial charge in [0.15, 0.2) is 5.82 Å². The monoisotopic (exact) mass is 164 g/mol. The summed E-state index contributed by atoms with van der Waals surface area (Å²) in [6.45, 7) is 2.93. The Morgan fingerprint density at radius 1 is 1.50 bits per heavy atom. The van der Waals surface area contributed by atoms with Crippen molar-refractivity contribution >= 4 is 6.21 Å². The van der Waals surface area contributed by atoms with Gasteiger partial charge in [-0.25, -0.2) is 9.78 Å². The van der Waals surface area contributed by atoms with E-state index in [9.17, 15) is 4.79 Å². The van der Waals surface area contributed by atoms with Crippen LogP contribution in [0.4, 0.5) is 0 Å². The van der Waals surface area contributed by atoms with E-state index < -0.39 is 0 Å². The van der Waals surface area contributed by atoms with E-state index in [4.69, 9.17) is 0 Å². The summed E-state index contributed by atoms with van der Waals surface area (Å²) >= 11 is 0. The van der Waals surface area contributed by atoms with Crippen molar-refractivity contribution in [3.63, 3.8) is 0 Å². The van der Waals surface area contributed by atoms with Crippen LogP contribution in [0.3, 0.4) is 0 Å². The number of aromatic nitrogens is 3. The van der Waals surface area contributed by atoms with E-state index in [0.717, 1.165) is 0 Å². The standard InChI is InChI=1S/C7H8N4O/c1-5-9-6-4-8-2-3-11(6)7(12)10-5/h4H,2-3H2,1H3. The summed E-state index contributed by atoms with van der Waals surface area (Å²) < 4.78 is 1.53. The largest absolute Gasteiger partial charge is 0.351 e. The normalized spacial score (nSPS) is 14.4. The minimum Gasteiger partial charge on any atom is -0.287 e. The fraction of sp³-hybridized carbons (Fsp3) is 0.429. The maximum Gasteiger partial charge on any atom is 0.351 e. The summed E-state index contributed by atoms with van der Waals surface area (Å²) in [6, 6.07) is 0. The lowest BCUT2D eigenvalue weighted by molar-refractivity contribution is 0.615. The highest BCUT2D eigenvalue weighted by Gasteiger charge is 2.08. The number of hydrogen-bond donors (Lipinski definition) is 0. The van der Waals surface area contributed by atoms with Crippen molar-refractivity contribution in [3.05, 3.63) is 22.1 Å². The summed E-state index contributed by atoms with van der Waals surface area (Å²) in [5, 5.41) is 0. The molecular weight excluding hydrogens is 156 g/mol. The van der Waals surface area contributed by atoms with Crippen LogP contribution in [0, 0.1) is 6.92 Å². The van der Waals surface area contributed by atoms with Gasteiger partial charge in [0.2, 0.25) is 0 Å². The first-order valence-corrected chi connectivity index (χ1v) is 3.73.